The topological polar surface area (TPSA) is 81.2 Å². The highest BCUT2D eigenvalue weighted by Gasteiger charge is 2.00. The summed E-state index contributed by atoms with van der Waals surface area (Å²) in [5.74, 6) is 0.782. The maximum absolute atomic E-state index is 8.68. The van der Waals surface area contributed by atoms with Crippen LogP contribution in [0.3, 0.4) is 0 Å². The normalized spacial score (nSPS) is 13.1. The second kappa shape index (κ2) is 18.3. The average molecular weight is 248 g/mol. The molecular formula is C14H36N2O. The zero-order valence-electron chi connectivity index (χ0n) is 12.5. The van der Waals surface area contributed by atoms with Crippen molar-refractivity contribution in [2.24, 2.45) is 11.7 Å². The summed E-state index contributed by atoms with van der Waals surface area (Å²) in [6, 6.07) is 0. The summed E-state index contributed by atoms with van der Waals surface area (Å²) in [5.41, 5.74) is 5.52. The van der Waals surface area contributed by atoms with Gasteiger partial charge in [-0.05, 0) is 32.2 Å². The number of hydrogen-bond acceptors (Lipinski definition) is 3. The third-order valence-corrected chi connectivity index (χ3v) is 2.85. The summed E-state index contributed by atoms with van der Waals surface area (Å²) < 4.78 is 0. The van der Waals surface area contributed by atoms with E-state index in [1.54, 1.807) is 0 Å². The van der Waals surface area contributed by atoms with Crippen LogP contribution in [0, 0.1) is 5.92 Å². The van der Waals surface area contributed by atoms with Crippen LogP contribution in [0.4, 0.5) is 0 Å². The fourth-order valence-electron chi connectivity index (χ4n) is 1.48. The largest absolute Gasteiger partial charge is 0.393 e. The molecule has 108 valence electrons. The number of rotatable bonds is 8. The van der Waals surface area contributed by atoms with Crippen LogP contribution in [0.1, 0.15) is 72.6 Å². The van der Waals surface area contributed by atoms with Crippen molar-refractivity contribution >= 4 is 0 Å². The fraction of sp³-hybridized carbons (Fsp3) is 1.00. The molecule has 3 nitrogen and oxygen atoms in total. The van der Waals surface area contributed by atoms with Gasteiger partial charge in [0.05, 0.1) is 6.10 Å². The van der Waals surface area contributed by atoms with Gasteiger partial charge in [-0.2, -0.15) is 0 Å². The summed E-state index contributed by atoms with van der Waals surface area (Å²) >= 11 is 0. The van der Waals surface area contributed by atoms with E-state index in [0.29, 0.717) is 0 Å². The first-order valence-electron chi connectivity index (χ1n) is 7.00. The Hall–Kier alpha value is -0.120. The van der Waals surface area contributed by atoms with Gasteiger partial charge in [0.1, 0.15) is 0 Å². The highest BCUT2D eigenvalue weighted by molar-refractivity contribution is 4.56. The first-order chi connectivity index (χ1) is 7.62. The van der Waals surface area contributed by atoms with Gasteiger partial charge in [0.2, 0.25) is 0 Å². The molecule has 6 N–H and O–H groups in total. The standard InChI is InChI=1S/C8H19N.C6H14O.H3N/c1-3-5-6-8(4-2)7-9;1-3-4-5-6(2)7;/h8H,3-7,9H2,1-2H3;6-7H,3-5H2,1-2H3;1H3. The lowest BCUT2D eigenvalue weighted by Gasteiger charge is -2.09. The van der Waals surface area contributed by atoms with Crippen molar-refractivity contribution < 1.29 is 5.11 Å². The molecule has 0 amide bonds. The third-order valence-electron chi connectivity index (χ3n) is 2.85. The summed E-state index contributed by atoms with van der Waals surface area (Å²) in [5, 5.41) is 8.68. The Labute approximate surface area is 109 Å². The Bertz CT molecular complexity index is 115. The highest BCUT2D eigenvalue weighted by Crippen LogP contribution is 2.09. The van der Waals surface area contributed by atoms with Crippen LogP contribution in [-0.2, 0) is 0 Å². The molecule has 0 aromatic rings. The van der Waals surface area contributed by atoms with E-state index in [2.05, 4.69) is 20.8 Å². The van der Waals surface area contributed by atoms with Crippen LogP contribution in [0.5, 0.6) is 0 Å². The molecule has 0 radical (unpaired) electrons. The van der Waals surface area contributed by atoms with Gasteiger partial charge in [-0.25, -0.2) is 0 Å². The maximum Gasteiger partial charge on any atom is 0.0512 e. The Balaban J connectivity index is -0.000000224. The number of aliphatic hydroxyl groups is 1. The lowest BCUT2D eigenvalue weighted by Crippen LogP contribution is -2.12. The SMILES string of the molecule is CCCCC(C)O.CCCCC(CC)CN.N. The van der Waals surface area contributed by atoms with Crippen LogP contribution in [0.2, 0.25) is 0 Å². The predicted octanol–water partition coefficient (Wildman–Crippen LogP) is 3.88. The molecule has 0 aliphatic heterocycles. The van der Waals surface area contributed by atoms with Crippen molar-refractivity contribution in [1.82, 2.24) is 6.15 Å². The minimum absolute atomic E-state index is 0. The van der Waals surface area contributed by atoms with Crippen LogP contribution in [-0.4, -0.2) is 17.8 Å². The van der Waals surface area contributed by atoms with Crippen LogP contribution in [0.25, 0.3) is 0 Å². The minimum Gasteiger partial charge on any atom is -0.393 e. The van der Waals surface area contributed by atoms with E-state index >= 15 is 0 Å². The van der Waals surface area contributed by atoms with Gasteiger partial charge in [-0.3, -0.25) is 0 Å². The first kappa shape index (κ1) is 22.1. The zero-order chi connectivity index (χ0) is 12.8. The molecule has 17 heavy (non-hydrogen) atoms. The molecule has 0 heterocycles. The molecule has 0 rings (SSSR count). The van der Waals surface area contributed by atoms with E-state index in [4.69, 9.17) is 10.8 Å². The number of unbranched alkanes of at least 4 members (excludes halogenated alkanes) is 2. The first-order valence-corrected chi connectivity index (χ1v) is 7.00. The van der Waals surface area contributed by atoms with E-state index in [9.17, 15) is 0 Å². The van der Waals surface area contributed by atoms with Crippen LogP contribution < -0.4 is 11.9 Å². The monoisotopic (exact) mass is 248 g/mol. The van der Waals surface area contributed by atoms with E-state index in [1.807, 2.05) is 6.92 Å². The molecule has 2 atom stereocenters. The van der Waals surface area contributed by atoms with Gasteiger partial charge in [0.15, 0.2) is 0 Å². The van der Waals surface area contributed by atoms with Gasteiger partial charge in [0.25, 0.3) is 0 Å². The van der Waals surface area contributed by atoms with Crippen molar-refractivity contribution in [3.63, 3.8) is 0 Å². The predicted molar refractivity (Wildman–Crippen MR) is 78.6 cm³/mol. The Kier molecular flexibility index (Phi) is 23.7. The third kappa shape index (κ3) is 21.7. The second-order valence-electron chi connectivity index (χ2n) is 4.64. The molecule has 3 heteroatoms. The highest BCUT2D eigenvalue weighted by atomic mass is 16.3. The fourth-order valence-corrected chi connectivity index (χ4v) is 1.48. The van der Waals surface area contributed by atoms with Gasteiger partial charge in [0, 0.05) is 0 Å². The van der Waals surface area contributed by atoms with Gasteiger partial charge >= 0.3 is 0 Å². The summed E-state index contributed by atoms with van der Waals surface area (Å²) in [4.78, 5) is 0. The van der Waals surface area contributed by atoms with Gasteiger partial charge < -0.3 is 17.0 Å². The van der Waals surface area contributed by atoms with Crippen molar-refractivity contribution in [2.45, 2.75) is 78.7 Å². The van der Waals surface area contributed by atoms with Crippen molar-refractivity contribution in [2.75, 3.05) is 6.54 Å². The molecule has 0 aliphatic carbocycles. The molecule has 0 fully saturated rings. The van der Waals surface area contributed by atoms with E-state index in [-0.39, 0.29) is 12.3 Å². The lowest BCUT2D eigenvalue weighted by molar-refractivity contribution is 0.181. The van der Waals surface area contributed by atoms with Gasteiger partial charge in [-0.15, -0.1) is 0 Å². The summed E-state index contributed by atoms with van der Waals surface area (Å²) in [6.07, 6.45) is 8.41. The van der Waals surface area contributed by atoms with Crippen LogP contribution >= 0.6 is 0 Å². The maximum atomic E-state index is 8.68. The number of nitrogens with two attached hydrogens (primary N) is 1. The van der Waals surface area contributed by atoms with Crippen molar-refractivity contribution in [3.8, 4) is 0 Å². The molecule has 0 spiro atoms. The Morgan fingerprint density at radius 2 is 1.47 bits per heavy atom. The second-order valence-corrected chi connectivity index (χ2v) is 4.64. The Morgan fingerprint density at radius 3 is 1.71 bits per heavy atom. The molecular weight excluding hydrogens is 212 g/mol. The quantitative estimate of drug-likeness (QED) is 0.609. The molecule has 0 aliphatic rings. The van der Waals surface area contributed by atoms with Gasteiger partial charge in [-0.1, -0.05) is 52.9 Å². The van der Waals surface area contributed by atoms with Crippen LogP contribution in [0.15, 0.2) is 0 Å². The van der Waals surface area contributed by atoms with Crippen molar-refractivity contribution in [3.05, 3.63) is 0 Å². The molecule has 0 saturated carbocycles. The number of hydrogen-bond donors (Lipinski definition) is 3. The molecule has 0 saturated heterocycles. The molecule has 2 unspecified atom stereocenters. The minimum atomic E-state index is -0.0973. The Morgan fingerprint density at radius 1 is 1.00 bits per heavy atom. The van der Waals surface area contributed by atoms with E-state index in [0.717, 1.165) is 25.3 Å². The van der Waals surface area contributed by atoms with E-state index in [1.165, 1.54) is 32.1 Å². The lowest BCUT2D eigenvalue weighted by atomic mass is 10.00. The summed E-state index contributed by atoms with van der Waals surface area (Å²) in [6.45, 7) is 9.27. The molecule has 0 bridgehead atoms. The molecule has 0 aromatic heterocycles. The molecule has 0 aromatic carbocycles. The van der Waals surface area contributed by atoms with Crippen molar-refractivity contribution in [1.29, 1.82) is 0 Å². The summed E-state index contributed by atoms with van der Waals surface area (Å²) in [7, 11) is 0. The average Bonchev–Trinajstić information content (AvgIpc) is 2.29. The zero-order valence-corrected chi connectivity index (χ0v) is 12.5. The number of aliphatic hydroxyl groups excluding tert-OH is 1. The smallest absolute Gasteiger partial charge is 0.0512 e. The van der Waals surface area contributed by atoms with E-state index < -0.39 is 0 Å².